The van der Waals surface area contributed by atoms with Gasteiger partial charge in [0.15, 0.2) is 6.10 Å². The fourth-order valence-corrected chi connectivity index (χ4v) is 2.52. The van der Waals surface area contributed by atoms with Gasteiger partial charge < -0.3 is 10.1 Å². The number of aromatic amines is 1. The average Bonchev–Trinajstić information content (AvgIpc) is 3.08. The summed E-state index contributed by atoms with van der Waals surface area (Å²) in [6.45, 7) is 1.79. The zero-order valence-electron chi connectivity index (χ0n) is 13.5. The number of esters is 1. The highest BCUT2D eigenvalue weighted by molar-refractivity contribution is 6.31. The SMILES string of the molecule is CC(OC(=O)c1ccc2cn[nH]c2c1)C(=O)NCc1ccccc1Cl. The maximum absolute atomic E-state index is 12.2. The second-order valence-corrected chi connectivity index (χ2v) is 5.94. The van der Waals surface area contributed by atoms with Crippen molar-refractivity contribution in [1.29, 1.82) is 0 Å². The molecule has 0 saturated carbocycles. The summed E-state index contributed by atoms with van der Waals surface area (Å²) >= 11 is 6.05. The van der Waals surface area contributed by atoms with Gasteiger partial charge in [0.2, 0.25) is 0 Å². The van der Waals surface area contributed by atoms with Gasteiger partial charge in [-0.1, -0.05) is 35.9 Å². The van der Waals surface area contributed by atoms with E-state index in [1.54, 1.807) is 30.5 Å². The lowest BCUT2D eigenvalue weighted by molar-refractivity contribution is -0.129. The zero-order valence-corrected chi connectivity index (χ0v) is 14.2. The van der Waals surface area contributed by atoms with Crippen molar-refractivity contribution in [2.75, 3.05) is 0 Å². The molecule has 0 spiro atoms. The van der Waals surface area contributed by atoms with E-state index in [0.29, 0.717) is 10.6 Å². The molecule has 2 aromatic carbocycles. The molecule has 1 amide bonds. The van der Waals surface area contributed by atoms with E-state index in [1.807, 2.05) is 18.2 Å². The van der Waals surface area contributed by atoms with Crippen LogP contribution in [0.5, 0.6) is 0 Å². The normalized spacial score (nSPS) is 11.9. The third-order valence-electron chi connectivity index (χ3n) is 3.74. The minimum absolute atomic E-state index is 0.264. The fraction of sp³-hybridized carbons (Fsp3) is 0.167. The van der Waals surface area contributed by atoms with E-state index < -0.39 is 18.0 Å². The molecule has 0 aliphatic heterocycles. The van der Waals surface area contributed by atoms with Crippen molar-refractivity contribution in [3.63, 3.8) is 0 Å². The smallest absolute Gasteiger partial charge is 0.338 e. The van der Waals surface area contributed by atoms with Gasteiger partial charge in [0.25, 0.3) is 5.91 Å². The molecule has 1 heterocycles. The van der Waals surface area contributed by atoms with E-state index in [1.165, 1.54) is 6.92 Å². The highest BCUT2D eigenvalue weighted by atomic mass is 35.5. The molecule has 1 unspecified atom stereocenters. The van der Waals surface area contributed by atoms with Crippen LogP contribution >= 0.6 is 11.6 Å². The Hall–Kier alpha value is -2.86. The zero-order chi connectivity index (χ0) is 17.8. The molecule has 0 aliphatic carbocycles. The maximum Gasteiger partial charge on any atom is 0.338 e. The molecular formula is C18H16ClN3O3. The van der Waals surface area contributed by atoms with Crippen molar-refractivity contribution in [3.8, 4) is 0 Å². The lowest BCUT2D eigenvalue weighted by atomic mass is 10.2. The van der Waals surface area contributed by atoms with Crippen LogP contribution in [0.4, 0.5) is 0 Å². The van der Waals surface area contributed by atoms with Gasteiger partial charge in [0.1, 0.15) is 0 Å². The molecule has 0 saturated heterocycles. The first-order valence-corrected chi connectivity index (χ1v) is 8.07. The number of carbonyl (C=O) groups is 2. The summed E-state index contributed by atoms with van der Waals surface area (Å²) in [5.74, 6) is -0.965. The third kappa shape index (κ3) is 3.97. The van der Waals surface area contributed by atoms with Gasteiger partial charge in [-0.25, -0.2) is 4.79 Å². The fourth-order valence-electron chi connectivity index (χ4n) is 2.31. The summed E-state index contributed by atoms with van der Waals surface area (Å²) in [4.78, 5) is 24.3. The average molecular weight is 358 g/mol. The number of hydrogen-bond donors (Lipinski definition) is 2. The molecule has 2 N–H and O–H groups in total. The Morgan fingerprint density at radius 2 is 2.08 bits per heavy atom. The number of rotatable bonds is 5. The number of benzene rings is 2. The molecule has 0 bridgehead atoms. The van der Waals surface area contributed by atoms with Crippen LogP contribution in [0.2, 0.25) is 5.02 Å². The minimum atomic E-state index is -0.924. The van der Waals surface area contributed by atoms with Crippen LogP contribution in [0.15, 0.2) is 48.7 Å². The Morgan fingerprint density at radius 3 is 2.88 bits per heavy atom. The molecule has 3 rings (SSSR count). The van der Waals surface area contributed by atoms with Crippen LogP contribution in [-0.2, 0) is 16.1 Å². The summed E-state index contributed by atoms with van der Waals surface area (Å²) in [7, 11) is 0. The van der Waals surface area contributed by atoms with Crippen molar-refractivity contribution in [3.05, 3.63) is 64.8 Å². The first-order valence-electron chi connectivity index (χ1n) is 7.70. The van der Waals surface area contributed by atoms with Gasteiger partial charge in [-0.05, 0) is 30.7 Å². The van der Waals surface area contributed by atoms with Crippen molar-refractivity contribution >= 4 is 34.4 Å². The van der Waals surface area contributed by atoms with Gasteiger partial charge in [-0.2, -0.15) is 5.10 Å². The highest BCUT2D eigenvalue weighted by Gasteiger charge is 2.19. The Bertz CT molecular complexity index is 923. The molecule has 1 aromatic heterocycles. The van der Waals surface area contributed by atoms with Crippen LogP contribution in [0.1, 0.15) is 22.8 Å². The lowest BCUT2D eigenvalue weighted by Crippen LogP contribution is -2.35. The van der Waals surface area contributed by atoms with Crippen LogP contribution in [0, 0.1) is 0 Å². The third-order valence-corrected chi connectivity index (χ3v) is 4.11. The van der Waals surface area contributed by atoms with Crippen molar-refractivity contribution in [1.82, 2.24) is 15.5 Å². The van der Waals surface area contributed by atoms with E-state index in [-0.39, 0.29) is 6.54 Å². The molecule has 7 heteroatoms. The number of fused-ring (bicyclic) bond motifs is 1. The van der Waals surface area contributed by atoms with Gasteiger partial charge >= 0.3 is 5.97 Å². The topological polar surface area (TPSA) is 84.1 Å². The number of aromatic nitrogens is 2. The summed E-state index contributed by atoms with van der Waals surface area (Å²) in [5.41, 5.74) is 1.87. The molecule has 25 heavy (non-hydrogen) atoms. The Balaban J connectivity index is 1.58. The molecule has 0 aliphatic rings. The second kappa shape index (κ2) is 7.36. The molecule has 0 fully saturated rings. The molecule has 6 nitrogen and oxygen atoms in total. The Morgan fingerprint density at radius 1 is 1.28 bits per heavy atom. The monoisotopic (exact) mass is 357 g/mol. The standard InChI is InChI=1S/C18H16ClN3O3/c1-11(17(23)20-9-13-4-2-3-5-15(13)19)25-18(24)12-6-7-14-10-21-22-16(14)8-12/h2-8,10-11H,9H2,1H3,(H,20,23)(H,21,22). The quantitative estimate of drug-likeness (QED) is 0.687. The number of nitrogens with zero attached hydrogens (tertiary/aromatic N) is 1. The van der Waals surface area contributed by atoms with E-state index in [2.05, 4.69) is 15.5 Å². The minimum Gasteiger partial charge on any atom is -0.449 e. The largest absolute Gasteiger partial charge is 0.449 e. The number of ether oxygens (including phenoxy) is 1. The maximum atomic E-state index is 12.2. The number of nitrogens with one attached hydrogen (secondary N) is 2. The molecule has 1 atom stereocenters. The summed E-state index contributed by atoms with van der Waals surface area (Å²) in [6.07, 6.45) is 0.738. The number of amides is 1. The first-order chi connectivity index (χ1) is 12.0. The Kier molecular flexibility index (Phi) is 5.00. The van der Waals surface area contributed by atoms with Crippen LogP contribution in [0.25, 0.3) is 10.9 Å². The van der Waals surface area contributed by atoms with Crippen molar-refractivity contribution < 1.29 is 14.3 Å². The van der Waals surface area contributed by atoms with Gasteiger partial charge in [0.05, 0.1) is 17.3 Å². The van der Waals surface area contributed by atoms with Gasteiger partial charge in [-0.15, -0.1) is 0 Å². The molecule has 0 radical (unpaired) electrons. The lowest BCUT2D eigenvalue weighted by Gasteiger charge is -2.14. The van der Waals surface area contributed by atoms with E-state index in [0.717, 1.165) is 16.5 Å². The van der Waals surface area contributed by atoms with Crippen LogP contribution < -0.4 is 5.32 Å². The van der Waals surface area contributed by atoms with Crippen molar-refractivity contribution in [2.45, 2.75) is 19.6 Å². The number of carbonyl (C=O) groups excluding carboxylic acids is 2. The second-order valence-electron chi connectivity index (χ2n) is 5.53. The predicted molar refractivity (Wildman–Crippen MR) is 94.3 cm³/mol. The van der Waals surface area contributed by atoms with E-state index in [9.17, 15) is 9.59 Å². The summed E-state index contributed by atoms with van der Waals surface area (Å²) in [5, 5.41) is 10.8. The predicted octanol–water partition coefficient (Wildman–Crippen LogP) is 3.08. The Labute approximate surface area is 149 Å². The van der Waals surface area contributed by atoms with Crippen LogP contribution in [0.3, 0.4) is 0 Å². The molecule has 128 valence electrons. The van der Waals surface area contributed by atoms with Crippen molar-refractivity contribution in [2.24, 2.45) is 0 Å². The van der Waals surface area contributed by atoms with E-state index >= 15 is 0 Å². The number of H-pyrrole nitrogens is 1. The first kappa shape index (κ1) is 17.0. The van der Waals surface area contributed by atoms with Crippen LogP contribution in [-0.4, -0.2) is 28.2 Å². The molecular weight excluding hydrogens is 342 g/mol. The summed E-state index contributed by atoms with van der Waals surface area (Å²) < 4.78 is 5.22. The van der Waals surface area contributed by atoms with Gasteiger partial charge in [-0.3, -0.25) is 9.89 Å². The van der Waals surface area contributed by atoms with E-state index in [4.69, 9.17) is 16.3 Å². The summed E-state index contributed by atoms with van der Waals surface area (Å²) in [6, 6.07) is 12.2. The van der Waals surface area contributed by atoms with Gasteiger partial charge in [0, 0.05) is 17.0 Å². The molecule has 3 aromatic rings. The highest BCUT2D eigenvalue weighted by Crippen LogP contribution is 2.15. The number of halogens is 1. The number of hydrogen-bond acceptors (Lipinski definition) is 4.